The van der Waals surface area contributed by atoms with E-state index in [1.54, 1.807) is 17.6 Å². The largest absolute Gasteiger partial charge is 0.497 e. The van der Waals surface area contributed by atoms with Gasteiger partial charge >= 0.3 is 0 Å². The van der Waals surface area contributed by atoms with Crippen LogP contribution >= 0.6 is 0 Å². The van der Waals surface area contributed by atoms with E-state index in [-0.39, 0.29) is 6.04 Å². The van der Waals surface area contributed by atoms with Crippen molar-refractivity contribution in [3.8, 4) is 17.0 Å². The van der Waals surface area contributed by atoms with E-state index in [4.69, 9.17) is 9.84 Å². The van der Waals surface area contributed by atoms with Crippen LogP contribution in [0.1, 0.15) is 31.7 Å². The van der Waals surface area contributed by atoms with Crippen LogP contribution in [0.15, 0.2) is 65.7 Å². The Morgan fingerprint density at radius 2 is 1.58 bits per heavy atom. The molecule has 3 aromatic rings. The summed E-state index contributed by atoms with van der Waals surface area (Å²) in [5.74, 6) is 0.813. The van der Waals surface area contributed by atoms with Gasteiger partial charge in [0, 0.05) is 43.6 Å². The average Bonchev–Trinajstić information content (AvgIpc) is 3.55. The van der Waals surface area contributed by atoms with Gasteiger partial charge in [-0.25, -0.2) is 8.42 Å². The quantitative estimate of drug-likeness (QED) is 0.545. The van der Waals surface area contributed by atoms with Crippen LogP contribution in [0.2, 0.25) is 0 Å². The molecule has 2 fully saturated rings. The molecule has 0 bridgehead atoms. The number of nitrogens with zero attached hydrogens (tertiary/aromatic N) is 4. The van der Waals surface area contributed by atoms with Gasteiger partial charge in [0.1, 0.15) is 16.3 Å². The predicted octanol–water partition coefficient (Wildman–Crippen LogP) is 4.18. The number of ether oxygens (including phenoxy) is 1. The van der Waals surface area contributed by atoms with Crippen molar-refractivity contribution < 1.29 is 13.2 Å². The lowest BCUT2D eigenvalue weighted by atomic mass is 10.2. The highest BCUT2D eigenvalue weighted by Gasteiger charge is 2.33. The number of rotatable bonds is 6. The first-order chi connectivity index (χ1) is 16.1. The molecule has 8 heteroatoms. The zero-order chi connectivity index (χ0) is 22.8. The molecule has 1 aliphatic heterocycles. The molecule has 2 aromatic carbocycles. The monoisotopic (exact) mass is 466 g/mol. The lowest BCUT2D eigenvalue weighted by molar-refractivity contribution is 0.384. The summed E-state index contributed by atoms with van der Waals surface area (Å²) in [7, 11) is -2.01. The first kappa shape index (κ1) is 22.0. The van der Waals surface area contributed by atoms with E-state index in [0.717, 1.165) is 29.8 Å². The summed E-state index contributed by atoms with van der Waals surface area (Å²) in [5, 5.41) is 4.79. The van der Waals surface area contributed by atoms with Gasteiger partial charge in [-0.3, -0.25) is 4.68 Å². The summed E-state index contributed by atoms with van der Waals surface area (Å²) < 4.78 is 36.3. The lowest BCUT2D eigenvalue weighted by Crippen LogP contribution is -2.48. The van der Waals surface area contributed by atoms with Crippen LogP contribution in [-0.2, 0) is 10.0 Å². The number of piperazine rings is 1. The fourth-order valence-electron chi connectivity index (χ4n) is 4.83. The molecule has 1 saturated heterocycles. The second-order valence-electron chi connectivity index (χ2n) is 8.72. The molecule has 2 heterocycles. The summed E-state index contributed by atoms with van der Waals surface area (Å²) in [4.78, 5) is 2.53. The van der Waals surface area contributed by atoms with Gasteiger partial charge in [0.2, 0.25) is 10.0 Å². The summed E-state index contributed by atoms with van der Waals surface area (Å²) in [6.07, 6.45) is 6.20. The van der Waals surface area contributed by atoms with Gasteiger partial charge in [-0.1, -0.05) is 43.2 Å². The summed E-state index contributed by atoms with van der Waals surface area (Å²) in [6.45, 7) is 2.17. The molecule has 1 saturated carbocycles. The lowest BCUT2D eigenvalue weighted by Gasteiger charge is -2.35. The van der Waals surface area contributed by atoms with Crippen LogP contribution in [0.4, 0.5) is 5.69 Å². The molecule has 0 N–H and O–H groups in total. The highest BCUT2D eigenvalue weighted by Crippen LogP contribution is 2.34. The van der Waals surface area contributed by atoms with Crippen LogP contribution in [0, 0.1) is 0 Å². The van der Waals surface area contributed by atoms with Gasteiger partial charge in [-0.2, -0.15) is 9.40 Å². The van der Waals surface area contributed by atoms with Gasteiger partial charge < -0.3 is 9.64 Å². The van der Waals surface area contributed by atoms with Gasteiger partial charge in [0.15, 0.2) is 0 Å². The second-order valence-corrected chi connectivity index (χ2v) is 10.6. The maximum absolute atomic E-state index is 13.8. The van der Waals surface area contributed by atoms with Gasteiger partial charge in [-0.05, 0) is 37.1 Å². The molecule has 7 nitrogen and oxygen atoms in total. The molecule has 0 atom stereocenters. The predicted molar refractivity (Wildman–Crippen MR) is 129 cm³/mol. The van der Waals surface area contributed by atoms with Crippen molar-refractivity contribution in [2.75, 3.05) is 38.2 Å². The zero-order valence-electron chi connectivity index (χ0n) is 18.9. The Balaban J connectivity index is 1.40. The molecule has 0 radical (unpaired) electrons. The third kappa shape index (κ3) is 4.37. The second kappa shape index (κ2) is 9.19. The summed E-state index contributed by atoms with van der Waals surface area (Å²) >= 11 is 0. The minimum absolute atomic E-state index is 0.281. The topological polar surface area (TPSA) is 67.7 Å². The third-order valence-electron chi connectivity index (χ3n) is 6.74. The first-order valence-electron chi connectivity index (χ1n) is 11.6. The first-order valence-corrected chi connectivity index (χ1v) is 13.0. The maximum atomic E-state index is 13.8. The van der Waals surface area contributed by atoms with Crippen molar-refractivity contribution >= 4 is 15.7 Å². The minimum atomic E-state index is -3.66. The van der Waals surface area contributed by atoms with E-state index in [1.165, 1.54) is 12.8 Å². The van der Waals surface area contributed by atoms with E-state index < -0.39 is 10.0 Å². The molecule has 0 amide bonds. The van der Waals surface area contributed by atoms with Crippen molar-refractivity contribution in [3.05, 3.63) is 60.8 Å². The summed E-state index contributed by atoms with van der Waals surface area (Å²) in [5.41, 5.74) is 2.47. The van der Waals surface area contributed by atoms with Crippen molar-refractivity contribution in [1.29, 1.82) is 0 Å². The van der Waals surface area contributed by atoms with Crippen LogP contribution in [0.3, 0.4) is 0 Å². The molecular weight excluding hydrogens is 436 g/mol. The van der Waals surface area contributed by atoms with E-state index in [0.29, 0.717) is 36.8 Å². The number of anilines is 1. The number of methoxy groups -OCH3 is 1. The van der Waals surface area contributed by atoms with Gasteiger partial charge in [-0.15, -0.1) is 0 Å². The Bertz CT molecular complexity index is 1180. The standard InChI is InChI=1S/C25H30N4O3S/c1-32-23-13-11-21(12-14-23)27-15-17-28(18-16-27)33(30,31)24-19-29(22-9-5-6-10-22)26-25(24)20-7-3-2-4-8-20/h2-4,7-8,11-14,19,22H,5-6,9-10,15-18H2,1H3. The number of sulfonamides is 1. The molecule has 33 heavy (non-hydrogen) atoms. The number of hydrogen-bond donors (Lipinski definition) is 0. The number of aromatic nitrogens is 2. The van der Waals surface area contributed by atoms with Gasteiger partial charge in [0.25, 0.3) is 0 Å². The molecule has 1 aromatic heterocycles. The van der Waals surface area contributed by atoms with E-state index in [2.05, 4.69) is 4.90 Å². The van der Waals surface area contributed by atoms with Crippen molar-refractivity contribution in [2.45, 2.75) is 36.6 Å². The molecule has 5 rings (SSSR count). The van der Waals surface area contributed by atoms with Crippen LogP contribution < -0.4 is 9.64 Å². The molecule has 2 aliphatic rings. The van der Waals surface area contributed by atoms with E-state index >= 15 is 0 Å². The molecular formula is C25H30N4O3S. The van der Waals surface area contributed by atoms with Gasteiger partial charge in [0.05, 0.1) is 13.2 Å². The number of hydrogen-bond acceptors (Lipinski definition) is 5. The van der Waals surface area contributed by atoms with Crippen molar-refractivity contribution in [3.63, 3.8) is 0 Å². The van der Waals surface area contributed by atoms with Crippen molar-refractivity contribution in [1.82, 2.24) is 14.1 Å². The average molecular weight is 467 g/mol. The maximum Gasteiger partial charge on any atom is 0.246 e. The Hall–Kier alpha value is -2.84. The molecule has 1 aliphatic carbocycles. The molecule has 0 unspecified atom stereocenters. The van der Waals surface area contributed by atoms with E-state index in [9.17, 15) is 8.42 Å². The SMILES string of the molecule is COc1ccc(N2CCN(S(=O)(=O)c3cn(C4CCCC4)nc3-c3ccccc3)CC2)cc1. The smallest absolute Gasteiger partial charge is 0.246 e. The Labute approximate surface area is 195 Å². The van der Waals surface area contributed by atoms with E-state index in [1.807, 2.05) is 59.3 Å². The fraction of sp³-hybridized carbons (Fsp3) is 0.400. The summed E-state index contributed by atoms with van der Waals surface area (Å²) in [6, 6.07) is 17.8. The Morgan fingerprint density at radius 1 is 0.909 bits per heavy atom. The molecule has 174 valence electrons. The normalized spacial score (nSPS) is 18.0. The van der Waals surface area contributed by atoms with Crippen molar-refractivity contribution in [2.24, 2.45) is 0 Å². The Morgan fingerprint density at radius 3 is 2.21 bits per heavy atom. The van der Waals surface area contributed by atoms with Crippen LogP contribution in [0.5, 0.6) is 5.75 Å². The minimum Gasteiger partial charge on any atom is -0.497 e. The van der Waals surface area contributed by atoms with Crippen LogP contribution in [-0.4, -0.2) is 55.8 Å². The highest BCUT2D eigenvalue weighted by atomic mass is 32.2. The highest BCUT2D eigenvalue weighted by molar-refractivity contribution is 7.89. The fourth-order valence-corrected chi connectivity index (χ4v) is 6.40. The number of benzene rings is 2. The van der Waals surface area contributed by atoms with Crippen LogP contribution in [0.25, 0.3) is 11.3 Å². The third-order valence-corrected chi connectivity index (χ3v) is 8.64. The Kier molecular flexibility index (Phi) is 6.12. The molecule has 0 spiro atoms. The zero-order valence-corrected chi connectivity index (χ0v) is 19.7.